The second-order valence-corrected chi connectivity index (χ2v) is 12.3. The van der Waals surface area contributed by atoms with Gasteiger partial charge >= 0.3 is 23.9 Å². The Bertz CT molecular complexity index is 1360. The molecule has 0 N–H and O–H groups in total. The third-order valence-electron chi connectivity index (χ3n) is 9.36. The first kappa shape index (κ1) is 29.7. The molecule has 1 aromatic heterocycles. The number of hydrogen-bond acceptors (Lipinski definition) is 10. The molecule has 2 heterocycles. The van der Waals surface area contributed by atoms with Crippen molar-refractivity contribution in [3.8, 4) is 0 Å². The van der Waals surface area contributed by atoms with Gasteiger partial charge in [-0.1, -0.05) is 25.1 Å². The second-order valence-electron chi connectivity index (χ2n) is 12.3. The Morgan fingerprint density at radius 1 is 0.833 bits per heavy atom. The van der Waals surface area contributed by atoms with E-state index in [4.69, 9.17) is 23.7 Å². The second kappa shape index (κ2) is 10.8. The molecule has 1 aromatic carbocycles. The van der Waals surface area contributed by atoms with Gasteiger partial charge in [0.25, 0.3) is 0 Å². The van der Waals surface area contributed by atoms with Crippen LogP contribution in [0.5, 0.6) is 0 Å². The summed E-state index contributed by atoms with van der Waals surface area (Å²) in [5, 5.41) is 0. The van der Waals surface area contributed by atoms with Gasteiger partial charge in [0, 0.05) is 32.2 Å². The summed E-state index contributed by atoms with van der Waals surface area (Å²) in [7, 11) is 0. The van der Waals surface area contributed by atoms with Crippen molar-refractivity contribution in [2.75, 3.05) is 0 Å². The van der Waals surface area contributed by atoms with Crippen LogP contribution in [0.25, 0.3) is 0 Å². The zero-order chi connectivity index (χ0) is 30.4. The molecule has 1 spiro atoms. The molecule has 3 fully saturated rings. The molecule has 0 radical (unpaired) electrons. The first-order valence-electron chi connectivity index (χ1n) is 14.2. The fourth-order valence-electron chi connectivity index (χ4n) is 7.54. The van der Waals surface area contributed by atoms with Crippen LogP contribution in [0.2, 0.25) is 0 Å². The lowest BCUT2D eigenvalue weighted by Gasteiger charge is -2.62. The largest absolute Gasteiger partial charge is 0.459 e. The summed E-state index contributed by atoms with van der Waals surface area (Å²) in [5.41, 5.74) is -2.56. The normalized spacial score (nSPS) is 34.4. The van der Waals surface area contributed by atoms with Crippen LogP contribution in [0, 0.1) is 17.3 Å². The molecular formula is C32H37NO9. The summed E-state index contributed by atoms with van der Waals surface area (Å²) in [4.78, 5) is 56.0. The first-order chi connectivity index (χ1) is 19.8. The number of rotatable bonds is 6. The standard InChI is InChI=1S/C32H37NO9/c1-18-15-24(38-19(2)34)26(39-20(3)35)31(6)27(41-28(36)21-11-8-7-9-12-21)25(23-16-32(18,31)42-30(23,4)5)40-29(37)22-13-10-14-33-17-22/h7-14,17-18,23-27H,15-16H2,1-6H3/t18-,23+,24-,25+,26+,27+,31+,32+/m1/s1. The molecule has 2 saturated carbocycles. The molecule has 1 aliphatic heterocycles. The number of esters is 4. The van der Waals surface area contributed by atoms with E-state index in [1.807, 2.05) is 27.7 Å². The summed E-state index contributed by atoms with van der Waals surface area (Å²) in [6, 6.07) is 11.7. The van der Waals surface area contributed by atoms with Gasteiger partial charge < -0.3 is 23.7 Å². The van der Waals surface area contributed by atoms with Gasteiger partial charge in [0.15, 0.2) is 12.2 Å². The fraction of sp³-hybridized carbons (Fsp3) is 0.531. The van der Waals surface area contributed by atoms with Gasteiger partial charge in [-0.05, 0) is 63.8 Å². The van der Waals surface area contributed by atoms with Crippen LogP contribution < -0.4 is 0 Å². The summed E-state index contributed by atoms with van der Waals surface area (Å²) in [6.07, 6.45) is -0.319. The van der Waals surface area contributed by atoms with Gasteiger partial charge in [-0.15, -0.1) is 0 Å². The van der Waals surface area contributed by atoms with Gasteiger partial charge in [-0.25, -0.2) is 9.59 Å². The van der Waals surface area contributed by atoms with Crippen LogP contribution in [0.4, 0.5) is 0 Å². The predicted molar refractivity (Wildman–Crippen MR) is 148 cm³/mol. The van der Waals surface area contributed by atoms with E-state index >= 15 is 0 Å². The molecule has 0 amide bonds. The Balaban J connectivity index is 1.69. The van der Waals surface area contributed by atoms with E-state index in [0.29, 0.717) is 18.4 Å². The van der Waals surface area contributed by atoms with E-state index in [1.165, 1.54) is 20.0 Å². The molecule has 0 unspecified atom stereocenters. The summed E-state index contributed by atoms with van der Waals surface area (Å²) >= 11 is 0. The number of aromatic nitrogens is 1. The van der Waals surface area contributed by atoms with Crippen LogP contribution in [0.3, 0.4) is 0 Å². The van der Waals surface area contributed by atoms with Crippen LogP contribution >= 0.6 is 0 Å². The summed E-state index contributed by atoms with van der Waals surface area (Å²) in [5.74, 6) is -3.01. The number of ether oxygens (including phenoxy) is 5. The van der Waals surface area contributed by atoms with E-state index in [2.05, 4.69) is 4.98 Å². The summed E-state index contributed by atoms with van der Waals surface area (Å²) < 4.78 is 31.2. The van der Waals surface area contributed by atoms with Crippen molar-refractivity contribution >= 4 is 23.9 Å². The Morgan fingerprint density at radius 2 is 1.48 bits per heavy atom. The van der Waals surface area contributed by atoms with Crippen molar-refractivity contribution in [3.63, 3.8) is 0 Å². The maximum Gasteiger partial charge on any atom is 0.340 e. The molecular weight excluding hydrogens is 542 g/mol. The number of hydrogen-bond donors (Lipinski definition) is 0. The third-order valence-corrected chi connectivity index (χ3v) is 9.36. The smallest absolute Gasteiger partial charge is 0.340 e. The van der Waals surface area contributed by atoms with Gasteiger partial charge in [-0.2, -0.15) is 0 Å². The molecule has 2 aromatic rings. The Kier molecular flexibility index (Phi) is 7.64. The van der Waals surface area contributed by atoms with Gasteiger partial charge in [0.1, 0.15) is 12.2 Å². The maximum atomic E-state index is 13.7. The quantitative estimate of drug-likeness (QED) is 0.361. The average Bonchev–Trinajstić information content (AvgIpc) is 3.21. The van der Waals surface area contributed by atoms with Crippen LogP contribution in [0.1, 0.15) is 75.1 Å². The first-order valence-corrected chi connectivity index (χ1v) is 14.2. The van der Waals surface area contributed by atoms with Gasteiger partial charge in [0.05, 0.1) is 27.7 Å². The van der Waals surface area contributed by atoms with Crippen molar-refractivity contribution in [3.05, 3.63) is 66.0 Å². The van der Waals surface area contributed by atoms with Crippen LogP contribution in [0.15, 0.2) is 54.9 Å². The monoisotopic (exact) mass is 579 g/mol. The molecule has 1 saturated heterocycles. The minimum absolute atomic E-state index is 0.212. The van der Waals surface area contributed by atoms with Crippen molar-refractivity contribution in [1.82, 2.24) is 4.98 Å². The number of benzene rings is 1. The SMILES string of the molecule is CC(=O)O[C@@H]1C[C@@H](C)[C@@]23C[C@@H]([C@H](OC(=O)c4cccnc4)[C@H](OC(=O)c4ccccc4)[C@]2(C)[C@H]1OC(C)=O)C(C)(C)O3. The topological polar surface area (TPSA) is 127 Å². The lowest BCUT2D eigenvalue weighted by molar-refractivity contribution is -0.290. The molecule has 2 aliphatic carbocycles. The Morgan fingerprint density at radius 3 is 2.10 bits per heavy atom. The lowest BCUT2D eigenvalue weighted by Crippen LogP contribution is -2.74. The van der Waals surface area contributed by atoms with Crippen LogP contribution in [-0.4, -0.2) is 64.5 Å². The zero-order valence-electron chi connectivity index (χ0n) is 24.7. The number of carbonyl (C=O) groups excluding carboxylic acids is 4. The van der Waals surface area contributed by atoms with Crippen molar-refractivity contribution in [1.29, 1.82) is 0 Å². The predicted octanol–water partition coefficient (Wildman–Crippen LogP) is 4.31. The Labute approximate surface area is 245 Å². The number of nitrogens with zero attached hydrogens (tertiary/aromatic N) is 1. The number of fused-ring (bicyclic) bond motifs is 1. The van der Waals surface area contributed by atoms with Crippen molar-refractivity contribution in [2.24, 2.45) is 17.3 Å². The van der Waals surface area contributed by atoms with E-state index in [-0.39, 0.29) is 17.4 Å². The van der Waals surface area contributed by atoms with E-state index < -0.39 is 64.9 Å². The fourth-order valence-corrected chi connectivity index (χ4v) is 7.54. The van der Waals surface area contributed by atoms with Crippen LogP contribution in [-0.2, 0) is 33.3 Å². The highest BCUT2D eigenvalue weighted by molar-refractivity contribution is 5.90. The van der Waals surface area contributed by atoms with E-state index in [1.54, 1.807) is 48.7 Å². The molecule has 10 nitrogen and oxygen atoms in total. The lowest BCUT2D eigenvalue weighted by atomic mass is 9.49. The van der Waals surface area contributed by atoms with Crippen molar-refractivity contribution < 1.29 is 42.9 Å². The Hall–Kier alpha value is -3.79. The molecule has 5 rings (SSSR count). The number of carbonyl (C=O) groups is 4. The average molecular weight is 580 g/mol. The minimum Gasteiger partial charge on any atom is -0.459 e. The molecule has 2 bridgehead atoms. The molecule has 42 heavy (non-hydrogen) atoms. The van der Waals surface area contributed by atoms with Gasteiger partial charge in [0.2, 0.25) is 0 Å². The van der Waals surface area contributed by atoms with E-state index in [9.17, 15) is 19.2 Å². The van der Waals surface area contributed by atoms with E-state index in [0.717, 1.165) is 0 Å². The third kappa shape index (κ3) is 4.85. The van der Waals surface area contributed by atoms with Gasteiger partial charge in [-0.3, -0.25) is 14.6 Å². The number of pyridine rings is 1. The molecule has 10 heteroatoms. The highest BCUT2D eigenvalue weighted by atomic mass is 16.6. The highest BCUT2D eigenvalue weighted by Gasteiger charge is 2.78. The maximum absolute atomic E-state index is 13.7. The van der Waals surface area contributed by atoms with Crippen molar-refractivity contribution in [2.45, 2.75) is 90.0 Å². The minimum atomic E-state index is -1.30. The molecule has 3 aliphatic rings. The molecule has 8 atom stereocenters. The molecule has 224 valence electrons. The zero-order valence-corrected chi connectivity index (χ0v) is 24.7. The summed E-state index contributed by atoms with van der Waals surface area (Å²) in [6.45, 7) is 10.2. The highest BCUT2D eigenvalue weighted by Crippen LogP contribution is 2.67.